The van der Waals surface area contributed by atoms with Gasteiger partial charge in [0.25, 0.3) is 0 Å². The highest BCUT2D eigenvalue weighted by Gasteiger charge is 2.31. The number of rotatable bonds is 5. The summed E-state index contributed by atoms with van der Waals surface area (Å²) in [6.07, 6.45) is 2.98. The zero-order chi connectivity index (χ0) is 18.6. The molecule has 1 N–H and O–H groups in total. The molecule has 0 bridgehead atoms. The number of hydrogen-bond acceptors (Lipinski definition) is 4. The lowest BCUT2D eigenvalue weighted by atomic mass is 9.89. The molecule has 0 unspecified atom stereocenters. The zero-order valence-corrected chi connectivity index (χ0v) is 15.8. The van der Waals surface area contributed by atoms with Gasteiger partial charge in [-0.1, -0.05) is 18.2 Å². The fourth-order valence-electron chi connectivity index (χ4n) is 4.46. The molecule has 27 heavy (non-hydrogen) atoms. The number of aliphatic hydroxyl groups is 1. The fourth-order valence-corrected chi connectivity index (χ4v) is 4.46. The second-order valence-corrected chi connectivity index (χ2v) is 7.86. The molecular formula is C21H29N3O3. The van der Waals surface area contributed by atoms with Crippen LogP contribution in [-0.2, 0) is 16.1 Å². The number of carbonyl (C=O) groups excluding carboxylic acids is 1. The van der Waals surface area contributed by atoms with Crippen molar-refractivity contribution in [2.45, 2.75) is 13.0 Å². The Morgan fingerprint density at radius 1 is 1.11 bits per heavy atom. The first-order valence-corrected chi connectivity index (χ1v) is 9.95. The first kappa shape index (κ1) is 18.5. The van der Waals surface area contributed by atoms with E-state index < -0.39 is 0 Å². The minimum Gasteiger partial charge on any atom is -0.396 e. The summed E-state index contributed by atoms with van der Waals surface area (Å²) in [5.74, 6) is 0.732. The van der Waals surface area contributed by atoms with Crippen LogP contribution in [0.15, 0.2) is 36.5 Å². The van der Waals surface area contributed by atoms with Crippen molar-refractivity contribution < 1.29 is 14.6 Å². The SMILES string of the molecule is O=C(Cn1ccc2ccccc21)N1C[C@H](CO)C[C@@H](CN2CCOCC2)C1. The second-order valence-electron chi connectivity index (χ2n) is 7.86. The zero-order valence-electron chi connectivity index (χ0n) is 15.8. The van der Waals surface area contributed by atoms with E-state index >= 15 is 0 Å². The number of aliphatic hydroxyl groups excluding tert-OH is 1. The summed E-state index contributed by atoms with van der Waals surface area (Å²) in [7, 11) is 0. The van der Waals surface area contributed by atoms with Gasteiger partial charge in [0.05, 0.1) is 13.2 Å². The summed E-state index contributed by atoms with van der Waals surface area (Å²) >= 11 is 0. The van der Waals surface area contributed by atoms with Crippen LogP contribution in [0.3, 0.4) is 0 Å². The normalized spacial score (nSPS) is 24.4. The Morgan fingerprint density at radius 2 is 1.89 bits per heavy atom. The van der Waals surface area contributed by atoms with Crippen LogP contribution in [-0.4, -0.2) is 77.9 Å². The maximum absolute atomic E-state index is 13.0. The second kappa shape index (κ2) is 8.42. The van der Waals surface area contributed by atoms with Gasteiger partial charge in [-0.15, -0.1) is 0 Å². The number of nitrogens with zero attached hydrogens (tertiary/aromatic N) is 3. The molecule has 2 aliphatic heterocycles. The van der Waals surface area contributed by atoms with E-state index in [4.69, 9.17) is 4.74 Å². The van der Waals surface area contributed by atoms with Gasteiger partial charge in [0, 0.05) is 51.0 Å². The van der Waals surface area contributed by atoms with Crippen molar-refractivity contribution in [3.05, 3.63) is 36.5 Å². The first-order valence-electron chi connectivity index (χ1n) is 9.95. The third-order valence-corrected chi connectivity index (χ3v) is 5.84. The molecule has 1 amide bonds. The van der Waals surface area contributed by atoms with Crippen molar-refractivity contribution in [2.24, 2.45) is 11.8 Å². The summed E-state index contributed by atoms with van der Waals surface area (Å²) in [4.78, 5) is 17.4. The average molecular weight is 371 g/mol. The number of piperidine rings is 1. The van der Waals surface area contributed by atoms with Gasteiger partial charge in [0.2, 0.25) is 5.91 Å². The van der Waals surface area contributed by atoms with Crippen molar-refractivity contribution in [2.75, 3.05) is 52.5 Å². The van der Waals surface area contributed by atoms with Crippen LogP contribution in [0.5, 0.6) is 0 Å². The van der Waals surface area contributed by atoms with Crippen LogP contribution in [0.2, 0.25) is 0 Å². The first-order chi connectivity index (χ1) is 13.2. The summed E-state index contributed by atoms with van der Waals surface area (Å²) < 4.78 is 7.46. The number of hydrogen-bond donors (Lipinski definition) is 1. The van der Waals surface area contributed by atoms with Crippen LogP contribution < -0.4 is 0 Å². The third-order valence-electron chi connectivity index (χ3n) is 5.84. The van der Waals surface area contributed by atoms with Gasteiger partial charge >= 0.3 is 0 Å². The molecule has 1 aromatic heterocycles. The van der Waals surface area contributed by atoms with Gasteiger partial charge in [0.15, 0.2) is 0 Å². The predicted octanol–water partition coefficient (Wildman–Crippen LogP) is 1.43. The van der Waals surface area contributed by atoms with Crippen molar-refractivity contribution in [1.82, 2.24) is 14.4 Å². The maximum Gasteiger partial charge on any atom is 0.242 e. The standard InChI is InChI=1S/C21H29N3O3/c25-16-18-11-17(12-22-7-9-27-10-8-22)13-24(14-18)21(26)15-23-6-5-19-3-1-2-4-20(19)23/h1-6,17-18,25H,7-16H2/t17-,18+/m0/s1. The Bertz CT molecular complexity index is 769. The Hall–Kier alpha value is -1.89. The van der Waals surface area contributed by atoms with E-state index in [1.165, 1.54) is 0 Å². The molecule has 2 aliphatic rings. The van der Waals surface area contributed by atoms with E-state index in [-0.39, 0.29) is 18.4 Å². The largest absolute Gasteiger partial charge is 0.396 e. The van der Waals surface area contributed by atoms with Crippen LogP contribution in [0.4, 0.5) is 0 Å². The van der Waals surface area contributed by atoms with Gasteiger partial charge < -0.3 is 19.3 Å². The highest BCUT2D eigenvalue weighted by atomic mass is 16.5. The topological polar surface area (TPSA) is 57.9 Å². The molecule has 4 rings (SSSR count). The van der Waals surface area contributed by atoms with E-state index in [0.29, 0.717) is 19.0 Å². The van der Waals surface area contributed by atoms with Gasteiger partial charge in [-0.3, -0.25) is 9.69 Å². The number of carbonyl (C=O) groups is 1. The number of morpholine rings is 1. The molecule has 2 fully saturated rings. The highest BCUT2D eigenvalue weighted by molar-refractivity contribution is 5.83. The number of aromatic nitrogens is 1. The molecule has 6 heteroatoms. The fraction of sp³-hybridized carbons (Fsp3) is 0.571. The lowest BCUT2D eigenvalue weighted by molar-refractivity contribution is -0.135. The predicted molar refractivity (Wildman–Crippen MR) is 104 cm³/mol. The molecular weight excluding hydrogens is 342 g/mol. The molecule has 0 spiro atoms. The Kier molecular flexibility index (Phi) is 5.76. The Balaban J connectivity index is 1.42. The molecule has 1 aromatic carbocycles. The number of para-hydroxylation sites is 1. The molecule has 6 nitrogen and oxygen atoms in total. The summed E-state index contributed by atoms with van der Waals surface area (Å²) in [6.45, 7) is 6.44. The van der Waals surface area contributed by atoms with Gasteiger partial charge in [0.1, 0.15) is 6.54 Å². The van der Waals surface area contributed by atoms with Gasteiger partial charge in [-0.2, -0.15) is 0 Å². The molecule has 0 radical (unpaired) electrons. The van der Waals surface area contributed by atoms with Crippen LogP contribution in [0.25, 0.3) is 10.9 Å². The Morgan fingerprint density at radius 3 is 2.70 bits per heavy atom. The van der Waals surface area contributed by atoms with E-state index in [2.05, 4.69) is 23.1 Å². The molecule has 146 valence electrons. The third kappa shape index (κ3) is 4.34. The van der Waals surface area contributed by atoms with Crippen molar-refractivity contribution >= 4 is 16.8 Å². The lowest BCUT2D eigenvalue weighted by Gasteiger charge is -2.40. The minimum atomic E-state index is 0.140. The van der Waals surface area contributed by atoms with Crippen molar-refractivity contribution in [3.8, 4) is 0 Å². The molecule has 2 atom stereocenters. The molecule has 2 aromatic rings. The van der Waals surface area contributed by atoms with E-state index in [1.54, 1.807) is 0 Å². The van der Waals surface area contributed by atoms with Crippen LogP contribution in [0, 0.1) is 11.8 Å². The quantitative estimate of drug-likeness (QED) is 0.864. The smallest absolute Gasteiger partial charge is 0.242 e. The van der Waals surface area contributed by atoms with E-state index in [0.717, 1.165) is 56.7 Å². The van der Waals surface area contributed by atoms with E-state index in [1.807, 2.05) is 27.8 Å². The van der Waals surface area contributed by atoms with Gasteiger partial charge in [-0.25, -0.2) is 0 Å². The lowest BCUT2D eigenvalue weighted by Crippen LogP contribution is -2.50. The summed E-state index contributed by atoms with van der Waals surface area (Å²) in [6, 6.07) is 10.2. The summed E-state index contributed by atoms with van der Waals surface area (Å²) in [5.41, 5.74) is 1.09. The van der Waals surface area contributed by atoms with Crippen molar-refractivity contribution in [1.29, 1.82) is 0 Å². The van der Waals surface area contributed by atoms with Crippen molar-refractivity contribution in [3.63, 3.8) is 0 Å². The summed E-state index contributed by atoms with van der Waals surface area (Å²) in [5, 5.41) is 10.9. The van der Waals surface area contributed by atoms with Crippen LogP contribution >= 0.6 is 0 Å². The number of ether oxygens (including phenoxy) is 1. The number of fused-ring (bicyclic) bond motifs is 1. The van der Waals surface area contributed by atoms with E-state index in [9.17, 15) is 9.90 Å². The monoisotopic (exact) mass is 371 g/mol. The molecule has 0 saturated carbocycles. The molecule has 2 saturated heterocycles. The molecule has 3 heterocycles. The number of likely N-dealkylation sites (tertiary alicyclic amines) is 1. The van der Waals surface area contributed by atoms with Crippen LogP contribution in [0.1, 0.15) is 6.42 Å². The van der Waals surface area contributed by atoms with Gasteiger partial charge in [-0.05, 0) is 35.8 Å². The number of amides is 1. The minimum absolute atomic E-state index is 0.140. The Labute approximate surface area is 160 Å². The number of benzene rings is 1. The average Bonchev–Trinajstić information content (AvgIpc) is 3.11. The molecule has 0 aliphatic carbocycles. The maximum atomic E-state index is 13.0. The highest BCUT2D eigenvalue weighted by Crippen LogP contribution is 2.24.